The van der Waals surface area contributed by atoms with Crippen LogP contribution in [0.15, 0.2) is 24.3 Å². The van der Waals surface area contributed by atoms with Gasteiger partial charge in [-0.25, -0.2) is 9.78 Å². The summed E-state index contributed by atoms with van der Waals surface area (Å²) in [7, 11) is 0. The molecule has 42 heavy (non-hydrogen) atoms. The van der Waals surface area contributed by atoms with Gasteiger partial charge in [-0.3, -0.25) is 0 Å². The highest BCUT2D eigenvalue weighted by atomic mass is 17.2. The van der Waals surface area contributed by atoms with Crippen LogP contribution in [0, 0.1) is 46.3 Å². The van der Waals surface area contributed by atoms with Crippen LogP contribution < -0.4 is 0 Å². The number of hydrogen-bond acceptors (Lipinski definition) is 8. The molecule has 3 heterocycles. The quantitative estimate of drug-likeness (QED) is 0.256. The molecule has 7 aliphatic rings. The lowest BCUT2D eigenvalue weighted by molar-refractivity contribution is -0.499. The van der Waals surface area contributed by atoms with Gasteiger partial charge in [0.2, 0.25) is 0 Å². The van der Waals surface area contributed by atoms with Gasteiger partial charge in [-0.15, -0.1) is 0 Å². The van der Waals surface area contributed by atoms with Crippen molar-refractivity contribution in [2.45, 2.75) is 135 Å². The molecule has 4 aliphatic carbocycles. The molecule has 0 radical (unpaired) electrons. The molecule has 2 saturated heterocycles. The van der Waals surface area contributed by atoms with Crippen LogP contribution in [0.3, 0.4) is 0 Å². The molecular weight excluding hydrogens is 536 g/mol. The van der Waals surface area contributed by atoms with E-state index in [1.807, 2.05) is 0 Å². The minimum absolute atomic E-state index is 0.118. The van der Waals surface area contributed by atoms with Crippen LogP contribution >= 0.6 is 0 Å². The first-order chi connectivity index (χ1) is 19.8. The van der Waals surface area contributed by atoms with Crippen molar-refractivity contribution >= 4 is 0 Å². The molecule has 4 N–H and O–H groups in total. The molecule has 2 bridgehead atoms. The summed E-state index contributed by atoms with van der Waals surface area (Å²) >= 11 is 0. The molecule has 0 aromatic rings. The van der Waals surface area contributed by atoms with Gasteiger partial charge in [-0.05, 0) is 73.7 Å². The smallest absolute Gasteiger partial charge is 0.186 e. The SMILES string of the molecule is CC(C)[C@@H](C)/C=C/[C@@H](C)[C@H]1CC[C@@H]2[C@]1(C)CC[C@H]1[C@]23C=C[C@]2(C[C@@H](O[C@@H]4O[C@H](CO)[C@@H](O)[C@H](O)[C@H]4O)CC[C@]12C)OO3. The van der Waals surface area contributed by atoms with E-state index >= 15 is 0 Å². The van der Waals surface area contributed by atoms with E-state index in [-0.39, 0.29) is 16.9 Å². The zero-order valence-corrected chi connectivity index (χ0v) is 26.3. The van der Waals surface area contributed by atoms with E-state index in [9.17, 15) is 20.4 Å². The number of allylic oxidation sites excluding steroid dienone is 2. The Kier molecular flexibility index (Phi) is 8.09. The van der Waals surface area contributed by atoms with Crippen molar-refractivity contribution in [3.63, 3.8) is 0 Å². The predicted octanol–water partition coefficient (Wildman–Crippen LogP) is 4.30. The highest BCUT2D eigenvalue weighted by molar-refractivity contribution is 5.33. The van der Waals surface area contributed by atoms with Crippen molar-refractivity contribution in [2.24, 2.45) is 46.3 Å². The Morgan fingerprint density at radius 1 is 0.881 bits per heavy atom. The monoisotopic (exact) mass is 590 g/mol. The Balaban J connectivity index is 1.21. The normalized spacial score (nSPS) is 53.2. The molecule has 0 aromatic carbocycles. The molecule has 8 heteroatoms. The van der Waals surface area contributed by atoms with Crippen LogP contribution in [0.1, 0.15) is 86.5 Å². The first-order valence-corrected chi connectivity index (χ1v) is 16.5. The molecule has 2 spiro atoms. The van der Waals surface area contributed by atoms with E-state index < -0.39 is 48.5 Å². The summed E-state index contributed by atoms with van der Waals surface area (Å²) in [5.74, 6) is 3.12. The van der Waals surface area contributed by atoms with Crippen molar-refractivity contribution in [3.8, 4) is 0 Å². The summed E-state index contributed by atoms with van der Waals surface area (Å²) in [6.45, 7) is 13.7. The Labute approximate surface area is 251 Å². The lowest BCUT2D eigenvalue weighted by atomic mass is 9.42. The van der Waals surface area contributed by atoms with Crippen LogP contribution in [0.25, 0.3) is 0 Å². The van der Waals surface area contributed by atoms with E-state index in [1.54, 1.807) is 0 Å². The van der Waals surface area contributed by atoms with E-state index in [4.69, 9.17) is 19.2 Å². The van der Waals surface area contributed by atoms with Crippen LogP contribution in [-0.2, 0) is 19.2 Å². The number of hydrogen-bond donors (Lipinski definition) is 4. The number of aliphatic hydroxyl groups is 4. The third kappa shape index (κ3) is 4.45. The molecule has 8 nitrogen and oxygen atoms in total. The average molecular weight is 591 g/mol. The van der Waals surface area contributed by atoms with Crippen LogP contribution in [0.5, 0.6) is 0 Å². The fourth-order valence-corrected chi connectivity index (χ4v) is 10.2. The molecule has 7 rings (SSSR count). The minimum atomic E-state index is -1.46. The zero-order chi connectivity index (χ0) is 30.2. The van der Waals surface area contributed by atoms with Crippen molar-refractivity contribution in [1.82, 2.24) is 0 Å². The standard InChI is InChI=1S/C34H54O8/c1-19(2)20(3)7-8-21(4)23-9-10-25-31(23,5)13-12-26-32(6)14-11-22(17-33(32)15-16-34(25,26)42-41-33)39-30-29(38)28(37)27(36)24(18-35)40-30/h7-8,15-16,19-30,35-38H,9-14,17-18H2,1-6H3/b8-7+/t20-,21+,22-,23+,24+,25+,26+,27+,28-,29+,30+,31+,32+,33+,34-/m0/s1. The largest absolute Gasteiger partial charge is 0.394 e. The molecule has 0 unspecified atom stereocenters. The summed E-state index contributed by atoms with van der Waals surface area (Å²) in [6.07, 6.45) is 9.63. The number of fused-ring (bicyclic) bond motifs is 2. The highest BCUT2D eigenvalue weighted by Crippen LogP contribution is 2.73. The summed E-state index contributed by atoms with van der Waals surface area (Å²) in [5, 5.41) is 40.6. The third-order valence-electron chi connectivity index (χ3n) is 13.3. The summed E-state index contributed by atoms with van der Waals surface area (Å²) < 4.78 is 11.9. The molecule has 0 amide bonds. The maximum absolute atomic E-state index is 10.6. The van der Waals surface area contributed by atoms with Gasteiger partial charge in [-0.2, -0.15) is 0 Å². The second-order valence-electron chi connectivity index (χ2n) is 15.5. The predicted molar refractivity (Wildman–Crippen MR) is 157 cm³/mol. The van der Waals surface area contributed by atoms with Gasteiger partial charge in [0.15, 0.2) is 6.29 Å². The van der Waals surface area contributed by atoms with Crippen molar-refractivity contribution in [2.75, 3.05) is 6.61 Å². The molecule has 3 saturated carbocycles. The first-order valence-electron chi connectivity index (χ1n) is 16.5. The van der Waals surface area contributed by atoms with Crippen molar-refractivity contribution in [3.05, 3.63) is 24.3 Å². The maximum atomic E-state index is 10.6. The minimum Gasteiger partial charge on any atom is -0.394 e. The fraction of sp³-hybridized carbons (Fsp3) is 0.882. The number of rotatable bonds is 7. The summed E-state index contributed by atoms with van der Waals surface area (Å²) in [6, 6.07) is 0. The van der Waals surface area contributed by atoms with Crippen molar-refractivity contribution < 1.29 is 39.7 Å². The van der Waals surface area contributed by atoms with E-state index in [0.717, 1.165) is 25.7 Å². The number of ether oxygens (including phenoxy) is 2. The second-order valence-corrected chi connectivity index (χ2v) is 15.5. The van der Waals surface area contributed by atoms with Crippen LogP contribution in [0.2, 0.25) is 0 Å². The topological polar surface area (TPSA) is 118 Å². The van der Waals surface area contributed by atoms with Gasteiger partial charge in [-0.1, -0.05) is 59.8 Å². The summed E-state index contributed by atoms with van der Waals surface area (Å²) in [4.78, 5) is 13.1. The molecule has 0 aromatic heterocycles. The average Bonchev–Trinajstić information content (AvgIpc) is 3.33. The fourth-order valence-electron chi connectivity index (χ4n) is 10.2. The van der Waals surface area contributed by atoms with Gasteiger partial charge in [0.1, 0.15) is 35.6 Å². The van der Waals surface area contributed by atoms with E-state index in [1.165, 1.54) is 12.8 Å². The molecule has 15 atom stereocenters. The van der Waals surface area contributed by atoms with Gasteiger partial charge < -0.3 is 29.9 Å². The van der Waals surface area contributed by atoms with Crippen LogP contribution in [-0.4, -0.2) is 75.0 Å². The van der Waals surface area contributed by atoms with E-state index in [0.29, 0.717) is 41.9 Å². The molecule has 3 aliphatic heterocycles. The third-order valence-corrected chi connectivity index (χ3v) is 13.3. The highest BCUT2D eigenvalue weighted by Gasteiger charge is 2.74. The van der Waals surface area contributed by atoms with Gasteiger partial charge in [0.25, 0.3) is 0 Å². The van der Waals surface area contributed by atoms with Gasteiger partial charge in [0.05, 0.1) is 12.7 Å². The van der Waals surface area contributed by atoms with Gasteiger partial charge in [0, 0.05) is 23.7 Å². The lowest BCUT2D eigenvalue weighted by Gasteiger charge is -2.69. The maximum Gasteiger partial charge on any atom is 0.186 e. The zero-order valence-electron chi connectivity index (χ0n) is 26.3. The molecule has 5 fully saturated rings. The number of aliphatic hydroxyl groups excluding tert-OH is 4. The van der Waals surface area contributed by atoms with Gasteiger partial charge >= 0.3 is 0 Å². The lowest BCUT2D eigenvalue weighted by Crippen LogP contribution is -2.73. The van der Waals surface area contributed by atoms with Crippen molar-refractivity contribution in [1.29, 1.82) is 0 Å². The van der Waals surface area contributed by atoms with Crippen LogP contribution in [0.4, 0.5) is 0 Å². The Morgan fingerprint density at radius 3 is 2.31 bits per heavy atom. The molecular formula is C34H54O8. The molecule has 238 valence electrons. The second kappa shape index (κ2) is 10.9. The summed E-state index contributed by atoms with van der Waals surface area (Å²) in [5.41, 5.74) is -0.998. The van der Waals surface area contributed by atoms with E-state index in [2.05, 4.69) is 65.8 Å². The Hall–Kier alpha value is -0.840. The Morgan fingerprint density at radius 2 is 1.64 bits per heavy atom. The first kappa shape index (κ1) is 31.2. The Bertz CT molecular complexity index is 1060.